The third-order valence-corrected chi connectivity index (χ3v) is 4.19. The minimum absolute atomic E-state index is 0.351. The quantitative estimate of drug-likeness (QED) is 0.658. The molecule has 2 heterocycles. The summed E-state index contributed by atoms with van der Waals surface area (Å²) >= 11 is 0. The summed E-state index contributed by atoms with van der Waals surface area (Å²) in [6, 6.07) is 6.82. The van der Waals surface area contributed by atoms with Gasteiger partial charge >= 0.3 is 5.63 Å². The summed E-state index contributed by atoms with van der Waals surface area (Å²) < 4.78 is 24.0. The first-order valence-corrected chi connectivity index (χ1v) is 8.49. The molecule has 8 heteroatoms. The Morgan fingerprint density at radius 3 is 2.96 bits per heavy atom. The van der Waals surface area contributed by atoms with Crippen LogP contribution in [0, 0.1) is 6.92 Å². The lowest BCUT2D eigenvalue weighted by atomic mass is 10.1. The number of aromatic nitrogens is 3. The monoisotopic (exact) mass is 333 g/mol. The first kappa shape index (κ1) is 15.4. The van der Waals surface area contributed by atoms with Crippen LogP contribution in [-0.2, 0) is 17.3 Å². The van der Waals surface area contributed by atoms with E-state index in [9.17, 15) is 9.00 Å². The summed E-state index contributed by atoms with van der Waals surface area (Å²) in [6.07, 6.45) is 3.07. The van der Waals surface area contributed by atoms with Crippen LogP contribution in [0.4, 0.5) is 0 Å². The fourth-order valence-corrected chi connectivity index (χ4v) is 2.91. The summed E-state index contributed by atoms with van der Waals surface area (Å²) in [5.74, 6) is 0.596. The highest BCUT2D eigenvalue weighted by Crippen LogP contribution is 2.22. The maximum absolute atomic E-state index is 11.5. The van der Waals surface area contributed by atoms with Crippen molar-refractivity contribution < 1.29 is 13.4 Å². The lowest BCUT2D eigenvalue weighted by Crippen LogP contribution is -2.11. The molecule has 0 saturated carbocycles. The van der Waals surface area contributed by atoms with Crippen LogP contribution in [0.1, 0.15) is 5.56 Å². The molecule has 1 atom stereocenters. The molecule has 0 radical (unpaired) electrons. The lowest BCUT2D eigenvalue weighted by molar-refractivity contribution is 0.293. The van der Waals surface area contributed by atoms with Crippen molar-refractivity contribution in [2.75, 3.05) is 12.9 Å². The Labute approximate surface area is 134 Å². The van der Waals surface area contributed by atoms with Crippen molar-refractivity contribution in [2.24, 2.45) is 0 Å². The van der Waals surface area contributed by atoms with Crippen molar-refractivity contribution in [3.05, 3.63) is 46.6 Å². The number of nitrogens with zero attached hydrogens (tertiary/aromatic N) is 3. The number of rotatable bonds is 5. The van der Waals surface area contributed by atoms with Crippen LogP contribution in [0.15, 0.2) is 45.0 Å². The molecule has 0 aliphatic carbocycles. The van der Waals surface area contributed by atoms with Crippen molar-refractivity contribution in [1.29, 1.82) is 0 Å². The molecule has 1 aromatic carbocycles. The average Bonchev–Trinajstić information content (AvgIpc) is 2.95. The maximum Gasteiger partial charge on any atom is 0.336 e. The predicted octanol–water partition coefficient (Wildman–Crippen LogP) is 1.51. The molecule has 0 bridgehead atoms. The van der Waals surface area contributed by atoms with Gasteiger partial charge in [0.25, 0.3) is 0 Å². The minimum Gasteiger partial charge on any atom is -0.492 e. The third kappa shape index (κ3) is 3.31. The van der Waals surface area contributed by atoms with E-state index in [2.05, 4.69) is 10.2 Å². The van der Waals surface area contributed by atoms with Crippen LogP contribution < -0.4 is 10.4 Å². The summed E-state index contributed by atoms with van der Waals surface area (Å²) in [6.45, 7) is 2.68. The Balaban J connectivity index is 1.73. The van der Waals surface area contributed by atoms with Crippen LogP contribution in [0.3, 0.4) is 0 Å². The van der Waals surface area contributed by atoms with Crippen LogP contribution >= 0.6 is 0 Å². The Morgan fingerprint density at radius 1 is 1.35 bits per heavy atom. The van der Waals surface area contributed by atoms with Gasteiger partial charge in [0.1, 0.15) is 24.3 Å². The fourth-order valence-electron chi connectivity index (χ4n) is 2.28. The molecule has 0 unspecified atom stereocenters. The molecule has 0 N–H and O–H groups in total. The topological polar surface area (TPSA) is 87.2 Å². The Bertz CT molecular complexity index is 932. The van der Waals surface area contributed by atoms with Gasteiger partial charge in [-0.3, -0.25) is 4.21 Å². The lowest BCUT2D eigenvalue weighted by Gasteiger charge is -2.08. The van der Waals surface area contributed by atoms with E-state index in [1.165, 1.54) is 12.4 Å². The van der Waals surface area contributed by atoms with Crippen molar-refractivity contribution in [3.8, 4) is 5.75 Å². The van der Waals surface area contributed by atoms with Gasteiger partial charge in [-0.15, -0.1) is 10.2 Å². The smallest absolute Gasteiger partial charge is 0.336 e. The molecule has 0 aliphatic rings. The van der Waals surface area contributed by atoms with Crippen LogP contribution in [0.25, 0.3) is 11.0 Å². The molecule has 0 aliphatic heterocycles. The Morgan fingerprint density at radius 2 is 2.17 bits per heavy atom. The maximum atomic E-state index is 11.5. The van der Waals surface area contributed by atoms with Gasteiger partial charge in [0, 0.05) is 23.8 Å². The third-order valence-electron chi connectivity index (χ3n) is 3.36. The van der Waals surface area contributed by atoms with Crippen molar-refractivity contribution in [2.45, 2.75) is 18.6 Å². The zero-order valence-corrected chi connectivity index (χ0v) is 13.5. The van der Waals surface area contributed by atoms with E-state index in [0.29, 0.717) is 29.6 Å². The number of ether oxygens (including phenoxy) is 1. The van der Waals surface area contributed by atoms with Crippen LogP contribution in [0.2, 0.25) is 0 Å². The fraction of sp³-hybridized carbons (Fsp3) is 0.267. The molecule has 7 nitrogen and oxygen atoms in total. The Kier molecular flexibility index (Phi) is 4.24. The standard InChI is InChI=1S/C15H15N3O4S/c1-10-7-14(19)22-13-8-11(3-4-12(10)13)21-6-5-18-9-16-17-15(18)23(2)20/h3-4,7-9H,5-6H2,1-2H3/t23-/m0/s1. The number of fused-ring (bicyclic) bond motifs is 1. The number of hydrogen-bond acceptors (Lipinski definition) is 6. The van der Waals surface area contributed by atoms with E-state index in [1.54, 1.807) is 16.9 Å². The summed E-state index contributed by atoms with van der Waals surface area (Å²) in [7, 11) is -1.20. The second-order valence-corrected chi connectivity index (χ2v) is 6.29. The first-order chi connectivity index (χ1) is 11.0. The van der Waals surface area contributed by atoms with E-state index >= 15 is 0 Å². The number of aryl methyl sites for hydroxylation is 1. The summed E-state index contributed by atoms with van der Waals surface area (Å²) in [4.78, 5) is 11.4. The zero-order chi connectivity index (χ0) is 16.4. The van der Waals surface area contributed by atoms with Gasteiger partial charge in [0.15, 0.2) is 0 Å². The summed E-state index contributed by atoms with van der Waals surface area (Å²) in [5.41, 5.74) is 0.973. The summed E-state index contributed by atoms with van der Waals surface area (Å²) in [5, 5.41) is 8.84. The van der Waals surface area contributed by atoms with Crippen LogP contribution in [0.5, 0.6) is 5.75 Å². The highest BCUT2D eigenvalue weighted by Gasteiger charge is 2.08. The van der Waals surface area contributed by atoms with Crippen LogP contribution in [-0.4, -0.2) is 31.8 Å². The second kappa shape index (κ2) is 6.33. The molecular weight excluding hydrogens is 318 g/mol. The molecule has 0 saturated heterocycles. The van der Waals surface area contributed by atoms with E-state index in [1.807, 2.05) is 19.1 Å². The van der Waals surface area contributed by atoms with E-state index in [0.717, 1.165) is 10.9 Å². The first-order valence-electron chi connectivity index (χ1n) is 6.93. The van der Waals surface area contributed by atoms with Gasteiger partial charge in [-0.05, 0) is 24.6 Å². The van der Waals surface area contributed by atoms with Crippen molar-refractivity contribution >= 4 is 21.8 Å². The highest BCUT2D eigenvalue weighted by molar-refractivity contribution is 7.84. The molecule has 0 spiro atoms. The van der Waals surface area contributed by atoms with E-state index < -0.39 is 10.8 Å². The highest BCUT2D eigenvalue weighted by atomic mass is 32.2. The van der Waals surface area contributed by atoms with Crippen molar-refractivity contribution in [1.82, 2.24) is 14.8 Å². The molecule has 23 heavy (non-hydrogen) atoms. The van der Waals surface area contributed by atoms with E-state index in [4.69, 9.17) is 9.15 Å². The zero-order valence-electron chi connectivity index (χ0n) is 12.7. The molecular formula is C15H15N3O4S. The predicted molar refractivity (Wildman–Crippen MR) is 85.1 cm³/mol. The molecule has 0 amide bonds. The van der Waals surface area contributed by atoms with Gasteiger partial charge in [-0.2, -0.15) is 0 Å². The van der Waals surface area contributed by atoms with Gasteiger partial charge < -0.3 is 13.7 Å². The number of hydrogen-bond donors (Lipinski definition) is 0. The molecule has 120 valence electrons. The minimum atomic E-state index is -1.20. The van der Waals surface area contributed by atoms with E-state index in [-0.39, 0.29) is 5.63 Å². The molecule has 3 aromatic rings. The Hall–Kier alpha value is -2.48. The SMILES string of the molecule is Cc1cc(=O)oc2cc(OCCn3cnnc3[S@](C)=O)ccc12. The van der Waals surface area contributed by atoms with Crippen molar-refractivity contribution in [3.63, 3.8) is 0 Å². The number of benzene rings is 1. The van der Waals surface area contributed by atoms with Gasteiger partial charge in [0.2, 0.25) is 5.16 Å². The molecule has 0 fully saturated rings. The molecule has 2 aromatic heterocycles. The van der Waals surface area contributed by atoms with Gasteiger partial charge in [-0.25, -0.2) is 4.79 Å². The van der Waals surface area contributed by atoms with Gasteiger partial charge in [0.05, 0.1) is 17.3 Å². The second-order valence-electron chi connectivity index (χ2n) is 5.02. The largest absolute Gasteiger partial charge is 0.492 e. The normalized spacial score (nSPS) is 12.4. The van der Waals surface area contributed by atoms with Gasteiger partial charge in [-0.1, -0.05) is 0 Å². The molecule has 3 rings (SSSR count). The average molecular weight is 333 g/mol.